The van der Waals surface area contributed by atoms with Crippen LogP contribution in [0, 0.1) is 0 Å². The number of hydrogen-bond acceptors (Lipinski definition) is 6. The van der Waals surface area contributed by atoms with Crippen LogP contribution in [0.2, 0.25) is 5.02 Å². The van der Waals surface area contributed by atoms with Crippen LogP contribution in [0.15, 0.2) is 47.2 Å². The Labute approximate surface area is 143 Å². The normalized spacial score (nSPS) is 10.5. The lowest BCUT2D eigenvalue weighted by molar-refractivity contribution is 0.101. The molecule has 24 heavy (non-hydrogen) atoms. The summed E-state index contributed by atoms with van der Waals surface area (Å²) in [6.07, 6.45) is 3.05. The van der Waals surface area contributed by atoms with Crippen molar-refractivity contribution in [1.82, 2.24) is 15.1 Å². The highest BCUT2D eigenvalue weighted by molar-refractivity contribution is 6.30. The molecule has 0 atom stereocenters. The molecule has 0 aliphatic carbocycles. The fraction of sp³-hybridized carbons (Fsp3) is 0.125. The van der Waals surface area contributed by atoms with E-state index in [0.29, 0.717) is 22.4 Å². The van der Waals surface area contributed by atoms with Gasteiger partial charge in [0.1, 0.15) is 0 Å². The molecule has 0 saturated heterocycles. The van der Waals surface area contributed by atoms with Gasteiger partial charge < -0.3 is 14.7 Å². The third-order valence-electron chi connectivity index (χ3n) is 3.15. The quantitative estimate of drug-likeness (QED) is 0.783. The van der Waals surface area contributed by atoms with Gasteiger partial charge in [-0.2, -0.15) is 0 Å². The van der Waals surface area contributed by atoms with Crippen molar-refractivity contribution in [2.45, 2.75) is 0 Å². The Morgan fingerprint density at radius 3 is 2.62 bits per heavy atom. The van der Waals surface area contributed by atoms with Crippen molar-refractivity contribution in [2.75, 3.05) is 24.3 Å². The molecule has 1 amide bonds. The summed E-state index contributed by atoms with van der Waals surface area (Å²) in [5.41, 5.74) is 1.37. The maximum Gasteiger partial charge on any atom is 0.277 e. The molecular weight excluding hydrogens is 330 g/mol. The molecule has 0 radical (unpaired) electrons. The van der Waals surface area contributed by atoms with Gasteiger partial charge in [0.2, 0.25) is 5.95 Å². The Balaban J connectivity index is 1.74. The zero-order chi connectivity index (χ0) is 17.1. The summed E-state index contributed by atoms with van der Waals surface area (Å²) >= 11 is 5.95. The molecule has 8 heteroatoms. The second kappa shape index (κ2) is 6.67. The number of carbonyl (C=O) groups excluding carboxylic acids is 1. The van der Waals surface area contributed by atoms with Gasteiger partial charge in [-0.1, -0.05) is 28.9 Å². The van der Waals surface area contributed by atoms with E-state index in [1.807, 2.05) is 20.2 Å². The predicted molar refractivity (Wildman–Crippen MR) is 91.3 cm³/mol. The lowest BCUT2D eigenvalue weighted by atomic mass is 10.1. The maximum atomic E-state index is 12.2. The van der Waals surface area contributed by atoms with Crippen molar-refractivity contribution < 1.29 is 9.32 Å². The summed E-state index contributed by atoms with van der Waals surface area (Å²) in [6, 6.07) is 8.66. The Morgan fingerprint density at radius 1 is 1.21 bits per heavy atom. The summed E-state index contributed by atoms with van der Waals surface area (Å²) in [5.74, 6) is 0.604. The number of nitrogens with one attached hydrogen (secondary N) is 1. The summed E-state index contributed by atoms with van der Waals surface area (Å²) < 4.78 is 5.21. The van der Waals surface area contributed by atoms with E-state index in [1.165, 1.54) is 12.4 Å². The molecule has 0 aliphatic heterocycles. The topological polar surface area (TPSA) is 84.2 Å². The highest BCUT2D eigenvalue weighted by Gasteiger charge is 2.14. The van der Waals surface area contributed by atoms with Crippen molar-refractivity contribution in [2.24, 2.45) is 0 Å². The Hall–Kier alpha value is -2.93. The zero-order valence-electron chi connectivity index (χ0n) is 13.0. The summed E-state index contributed by atoms with van der Waals surface area (Å²) in [5, 5.41) is 7.03. The minimum absolute atomic E-state index is 0.154. The first kappa shape index (κ1) is 15.9. The van der Waals surface area contributed by atoms with Gasteiger partial charge in [0, 0.05) is 30.7 Å². The molecule has 0 aliphatic rings. The second-order valence-electron chi connectivity index (χ2n) is 5.21. The van der Waals surface area contributed by atoms with E-state index in [1.54, 1.807) is 29.2 Å². The molecule has 0 fully saturated rings. The molecule has 0 bridgehead atoms. The van der Waals surface area contributed by atoms with Crippen LogP contribution in [0.4, 0.5) is 11.6 Å². The molecule has 0 unspecified atom stereocenters. The van der Waals surface area contributed by atoms with Gasteiger partial charge in [-0.05, 0) is 12.1 Å². The average Bonchev–Trinajstić information content (AvgIpc) is 3.05. The van der Waals surface area contributed by atoms with Crippen LogP contribution < -0.4 is 10.2 Å². The largest absolute Gasteiger partial charge is 0.355 e. The second-order valence-corrected chi connectivity index (χ2v) is 5.64. The highest BCUT2D eigenvalue weighted by Crippen LogP contribution is 2.23. The summed E-state index contributed by atoms with van der Waals surface area (Å²) in [7, 11) is 3.67. The first-order valence-electron chi connectivity index (χ1n) is 7.06. The maximum absolute atomic E-state index is 12.2. The van der Waals surface area contributed by atoms with E-state index in [2.05, 4.69) is 20.4 Å². The van der Waals surface area contributed by atoms with Crippen LogP contribution >= 0.6 is 11.6 Å². The average molecular weight is 344 g/mol. The van der Waals surface area contributed by atoms with E-state index < -0.39 is 5.91 Å². The molecule has 2 aromatic heterocycles. The van der Waals surface area contributed by atoms with Gasteiger partial charge in [-0.3, -0.25) is 4.79 Å². The lowest BCUT2D eigenvalue weighted by Gasteiger charge is -2.09. The smallest absolute Gasteiger partial charge is 0.277 e. The van der Waals surface area contributed by atoms with Crippen LogP contribution in [0.5, 0.6) is 0 Å². The van der Waals surface area contributed by atoms with Gasteiger partial charge in [0.25, 0.3) is 5.91 Å². The SMILES string of the molecule is CN(C)c1ncc(NC(=O)c2cc(-c3cccc(Cl)c3)on2)cn1. The summed E-state index contributed by atoms with van der Waals surface area (Å²) in [4.78, 5) is 22.2. The van der Waals surface area contributed by atoms with E-state index in [4.69, 9.17) is 16.1 Å². The molecule has 7 nitrogen and oxygen atoms in total. The van der Waals surface area contributed by atoms with Gasteiger partial charge in [0.15, 0.2) is 11.5 Å². The number of anilines is 2. The van der Waals surface area contributed by atoms with Crippen molar-refractivity contribution in [3.8, 4) is 11.3 Å². The molecule has 0 spiro atoms. The Kier molecular flexibility index (Phi) is 4.43. The molecular formula is C16H14ClN5O2. The van der Waals surface area contributed by atoms with Crippen LogP contribution in [-0.4, -0.2) is 35.1 Å². The summed E-state index contributed by atoms with van der Waals surface area (Å²) in [6.45, 7) is 0. The fourth-order valence-corrected chi connectivity index (χ4v) is 2.16. The zero-order valence-corrected chi connectivity index (χ0v) is 13.8. The van der Waals surface area contributed by atoms with E-state index in [-0.39, 0.29) is 5.69 Å². The van der Waals surface area contributed by atoms with Crippen molar-refractivity contribution >= 4 is 29.1 Å². The Morgan fingerprint density at radius 2 is 1.96 bits per heavy atom. The van der Waals surface area contributed by atoms with E-state index in [0.717, 1.165) is 5.56 Å². The van der Waals surface area contributed by atoms with Crippen LogP contribution in [-0.2, 0) is 0 Å². The predicted octanol–water partition coefficient (Wildman–Crippen LogP) is 3.10. The van der Waals surface area contributed by atoms with Crippen LogP contribution in [0.3, 0.4) is 0 Å². The molecule has 3 aromatic rings. The van der Waals surface area contributed by atoms with Gasteiger partial charge in [-0.25, -0.2) is 9.97 Å². The molecule has 122 valence electrons. The third kappa shape index (κ3) is 3.52. The highest BCUT2D eigenvalue weighted by atomic mass is 35.5. The lowest BCUT2D eigenvalue weighted by Crippen LogP contribution is -2.15. The molecule has 0 saturated carbocycles. The van der Waals surface area contributed by atoms with Crippen molar-refractivity contribution in [1.29, 1.82) is 0 Å². The number of rotatable bonds is 4. The first-order chi connectivity index (χ1) is 11.5. The van der Waals surface area contributed by atoms with Crippen molar-refractivity contribution in [3.63, 3.8) is 0 Å². The molecule has 3 rings (SSSR count). The number of amides is 1. The monoisotopic (exact) mass is 343 g/mol. The molecule has 2 heterocycles. The molecule has 1 aromatic carbocycles. The standard InChI is InChI=1S/C16H14ClN5O2/c1-22(2)16-18-8-12(9-19-16)20-15(23)13-7-14(24-21-13)10-4-3-5-11(17)6-10/h3-9H,1-2H3,(H,20,23). The van der Waals surface area contributed by atoms with Gasteiger partial charge in [-0.15, -0.1) is 0 Å². The number of hydrogen-bond donors (Lipinski definition) is 1. The number of carbonyl (C=O) groups is 1. The number of halogens is 1. The number of aromatic nitrogens is 3. The first-order valence-corrected chi connectivity index (χ1v) is 7.44. The minimum Gasteiger partial charge on any atom is -0.355 e. The van der Waals surface area contributed by atoms with Crippen molar-refractivity contribution in [3.05, 3.63) is 53.4 Å². The fourth-order valence-electron chi connectivity index (χ4n) is 1.97. The van der Waals surface area contributed by atoms with Gasteiger partial charge >= 0.3 is 0 Å². The van der Waals surface area contributed by atoms with E-state index >= 15 is 0 Å². The van der Waals surface area contributed by atoms with Crippen LogP contribution in [0.25, 0.3) is 11.3 Å². The Bertz CT molecular complexity index is 861. The number of nitrogens with zero attached hydrogens (tertiary/aromatic N) is 4. The minimum atomic E-state index is -0.409. The van der Waals surface area contributed by atoms with Crippen LogP contribution in [0.1, 0.15) is 10.5 Å². The third-order valence-corrected chi connectivity index (χ3v) is 3.38. The number of benzene rings is 1. The van der Waals surface area contributed by atoms with Gasteiger partial charge in [0.05, 0.1) is 18.1 Å². The van der Waals surface area contributed by atoms with E-state index in [9.17, 15) is 4.79 Å². The molecule has 1 N–H and O–H groups in total.